The van der Waals surface area contributed by atoms with Gasteiger partial charge in [-0.2, -0.15) is 5.10 Å². The van der Waals surface area contributed by atoms with E-state index in [-0.39, 0.29) is 17.8 Å². The van der Waals surface area contributed by atoms with E-state index in [2.05, 4.69) is 10.4 Å². The van der Waals surface area contributed by atoms with Crippen LogP contribution in [0.4, 0.5) is 4.39 Å². The van der Waals surface area contributed by atoms with E-state index in [1.807, 2.05) is 14.0 Å². The van der Waals surface area contributed by atoms with Crippen molar-refractivity contribution in [3.8, 4) is 5.69 Å². The van der Waals surface area contributed by atoms with Gasteiger partial charge >= 0.3 is 0 Å². The van der Waals surface area contributed by atoms with Crippen molar-refractivity contribution in [3.05, 3.63) is 47.5 Å². The molecule has 1 atom stereocenters. The van der Waals surface area contributed by atoms with Gasteiger partial charge in [0.1, 0.15) is 5.82 Å². The highest BCUT2D eigenvalue weighted by Crippen LogP contribution is 2.22. The van der Waals surface area contributed by atoms with Gasteiger partial charge in [-0.3, -0.25) is 4.79 Å². The summed E-state index contributed by atoms with van der Waals surface area (Å²) in [7, 11) is 5.16. The van der Waals surface area contributed by atoms with Crippen LogP contribution in [0.2, 0.25) is 0 Å². The van der Waals surface area contributed by atoms with E-state index in [1.165, 1.54) is 17.0 Å². The zero-order chi connectivity index (χ0) is 15.6. The van der Waals surface area contributed by atoms with Crippen molar-refractivity contribution in [1.29, 1.82) is 0 Å². The lowest BCUT2D eigenvalue weighted by Gasteiger charge is -2.16. The Labute approximate surface area is 123 Å². The molecule has 112 valence electrons. The predicted octanol–water partition coefficient (Wildman–Crippen LogP) is 1.99. The molecule has 6 heteroatoms. The lowest BCUT2D eigenvalue weighted by Crippen LogP contribution is -2.22. The maximum Gasteiger partial charge on any atom is 0.273 e. The van der Waals surface area contributed by atoms with E-state index < -0.39 is 0 Å². The summed E-state index contributed by atoms with van der Waals surface area (Å²) in [5, 5.41) is 7.37. The lowest BCUT2D eigenvalue weighted by molar-refractivity contribution is 0.0821. The summed E-state index contributed by atoms with van der Waals surface area (Å²) in [5.74, 6) is -0.466. The first-order chi connectivity index (χ1) is 9.93. The maximum atomic E-state index is 13.5. The number of aromatic nitrogens is 2. The molecule has 0 aliphatic rings. The number of hydrogen-bond donors (Lipinski definition) is 1. The van der Waals surface area contributed by atoms with Crippen LogP contribution in [0.15, 0.2) is 30.5 Å². The van der Waals surface area contributed by atoms with E-state index in [4.69, 9.17) is 0 Å². The molecule has 0 aliphatic carbocycles. The van der Waals surface area contributed by atoms with E-state index in [0.717, 1.165) is 11.3 Å². The van der Waals surface area contributed by atoms with Crippen LogP contribution < -0.4 is 5.32 Å². The monoisotopic (exact) mass is 290 g/mol. The predicted molar refractivity (Wildman–Crippen MR) is 79.0 cm³/mol. The van der Waals surface area contributed by atoms with Crippen molar-refractivity contribution in [2.45, 2.75) is 13.0 Å². The Morgan fingerprint density at radius 1 is 1.38 bits per heavy atom. The molecule has 0 spiro atoms. The van der Waals surface area contributed by atoms with Crippen LogP contribution in [0, 0.1) is 5.82 Å². The number of carbonyl (C=O) groups excluding carboxylic acids is 1. The fourth-order valence-corrected chi connectivity index (χ4v) is 2.04. The third kappa shape index (κ3) is 3.11. The topological polar surface area (TPSA) is 50.2 Å². The van der Waals surface area contributed by atoms with Gasteiger partial charge in [0.05, 0.1) is 5.69 Å². The third-order valence-electron chi connectivity index (χ3n) is 3.35. The van der Waals surface area contributed by atoms with Crippen LogP contribution in [0.25, 0.3) is 5.69 Å². The average molecular weight is 290 g/mol. The molecule has 2 aromatic rings. The molecule has 1 amide bonds. The van der Waals surface area contributed by atoms with Gasteiger partial charge < -0.3 is 10.2 Å². The Bertz CT molecular complexity index is 651. The second kappa shape index (κ2) is 6.05. The fourth-order valence-electron chi connectivity index (χ4n) is 2.04. The van der Waals surface area contributed by atoms with Gasteiger partial charge in [0.25, 0.3) is 5.91 Å². The largest absolute Gasteiger partial charge is 0.343 e. The zero-order valence-corrected chi connectivity index (χ0v) is 12.6. The van der Waals surface area contributed by atoms with E-state index in [9.17, 15) is 9.18 Å². The molecule has 0 fully saturated rings. The van der Waals surface area contributed by atoms with E-state index in [1.54, 1.807) is 37.1 Å². The molecule has 21 heavy (non-hydrogen) atoms. The highest BCUT2D eigenvalue weighted by atomic mass is 19.1. The smallest absolute Gasteiger partial charge is 0.273 e. The Morgan fingerprint density at radius 3 is 2.71 bits per heavy atom. The minimum Gasteiger partial charge on any atom is -0.343 e. The fraction of sp³-hybridized carbons (Fsp3) is 0.333. The van der Waals surface area contributed by atoms with Crippen molar-refractivity contribution in [2.24, 2.45) is 0 Å². The number of rotatable bonds is 4. The summed E-state index contributed by atoms with van der Waals surface area (Å²) in [4.78, 5) is 13.4. The molecule has 0 radical (unpaired) electrons. The Hall–Kier alpha value is -2.21. The van der Waals surface area contributed by atoms with Gasteiger partial charge in [-0.25, -0.2) is 9.07 Å². The SMILES string of the molecule is CNC(C)c1cc(F)ccc1-n1ccc(C(=O)N(C)C)n1. The molecule has 5 nitrogen and oxygen atoms in total. The third-order valence-corrected chi connectivity index (χ3v) is 3.35. The summed E-state index contributed by atoms with van der Waals surface area (Å²) in [6, 6.07) is 6.14. The minimum atomic E-state index is -0.299. The van der Waals surface area contributed by atoms with Crippen LogP contribution in [0.3, 0.4) is 0 Å². The molecule has 0 bridgehead atoms. The molecule has 1 unspecified atom stereocenters. The lowest BCUT2D eigenvalue weighted by atomic mass is 10.1. The number of hydrogen-bond acceptors (Lipinski definition) is 3. The van der Waals surface area contributed by atoms with Crippen LogP contribution in [0.1, 0.15) is 29.0 Å². The first-order valence-corrected chi connectivity index (χ1v) is 6.68. The van der Waals surface area contributed by atoms with Crippen molar-refractivity contribution in [1.82, 2.24) is 20.0 Å². The molecule has 1 aromatic heterocycles. The first-order valence-electron chi connectivity index (χ1n) is 6.68. The van der Waals surface area contributed by atoms with Gasteiger partial charge in [-0.15, -0.1) is 0 Å². The number of carbonyl (C=O) groups is 1. The average Bonchev–Trinajstić information content (AvgIpc) is 2.94. The summed E-state index contributed by atoms with van der Waals surface area (Å²) in [5.41, 5.74) is 1.88. The Morgan fingerprint density at radius 2 is 2.10 bits per heavy atom. The highest BCUT2D eigenvalue weighted by molar-refractivity contribution is 5.91. The number of halogens is 1. The van der Waals surface area contributed by atoms with Gasteiger partial charge in [0.15, 0.2) is 5.69 Å². The minimum absolute atomic E-state index is 0.0344. The van der Waals surface area contributed by atoms with Gasteiger partial charge in [0.2, 0.25) is 0 Å². The molecule has 0 saturated carbocycles. The summed E-state index contributed by atoms with van der Waals surface area (Å²) in [6.45, 7) is 1.94. The number of benzene rings is 1. The van der Waals surface area contributed by atoms with Gasteiger partial charge in [0, 0.05) is 26.3 Å². The van der Waals surface area contributed by atoms with Gasteiger partial charge in [-0.1, -0.05) is 0 Å². The molecule has 2 rings (SSSR count). The number of amides is 1. The van der Waals surface area contributed by atoms with E-state index >= 15 is 0 Å². The summed E-state index contributed by atoms with van der Waals surface area (Å²) in [6.07, 6.45) is 1.70. The molecular formula is C15H19FN4O. The van der Waals surface area contributed by atoms with E-state index in [0.29, 0.717) is 5.69 Å². The van der Waals surface area contributed by atoms with Crippen molar-refractivity contribution in [3.63, 3.8) is 0 Å². The Kier molecular flexibility index (Phi) is 4.37. The standard InChI is InChI=1S/C15H19FN4O/c1-10(17-2)12-9-11(16)5-6-14(12)20-8-7-13(18-20)15(21)19(3)4/h5-10,17H,1-4H3. The summed E-state index contributed by atoms with van der Waals surface area (Å²) < 4.78 is 15.1. The molecular weight excluding hydrogens is 271 g/mol. The first kappa shape index (κ1) is 15.2. The van der Waals surface area contributed by atoms with Crippen molar-refractivity contribution < 1.29 is 9.18 Å². The molecule has 0 aliphatic heterocycles. The second-order valence-corrected chi connectivity index (χ2v) is 5.06. The van der Waals surface area contributed by atoms with Crippen molar-refractivity contribution in [2.75, 3.05) is 21.1 Å². The highest BCUT2D eigenvalue weighted by Gasteiger charge is 2.16. The Balaban J connectivity index is 2.45. The quantitative estimate of drug-likeness (QED) is 0.937. The summed E-state index contributed by atoms with van der Waals surface area (Å²) >= 11 is 0. The van der Waals surface area contributed by atoms with Crippen LogP contribution >= 0.6 is 0 Å². The number of nitrogens with zero attached hydrogens (tertiary/aromatic N) is 3. The second-order valence-electron chi connectivity index (χ2n) is 5.06. The van der Waals surface area contributed by atoms with Gasteiger partial charge in [-0.05, 0) is 43.8 Å². The zero-order valence-electron chi connectivity index (χ0n) is 12.6. The number of nitrogens with one attached hydrogen (secondary N) is 1. The molecule has 1 N–H and O–H groups in total. The van der Waals surface area contributed by atoms with Crippen LogP contribution in [-0.4, -0.2) is 41.7 Å². The maximum absolute atomic E-state index is 13.5. The van der Waals surface area contributed by atoms with Crippen molar-refractivity contribution >= 4 is 5.91 Å². The molecule has 0 saturated heterocycles. The molecule has 1 heterocycles. The van der Waals surface area contributed by atoms with Crippen LogP contribution in [0.5, 0.6) is 0 Å². The van der Waals surface area contributed by atoms with Crippen LogP contribution in [-0.2, 0) is 0 Å². The normalized spacial score (nSPS) is 12.2. The molecule has 1 aromatic carbocycles.